The van der Waals surface area contributed by atoms with Gasteiger partial charge < -0.3 is 5.32 Å². The Kier molecular flexibility index (Phi) is 4.27. The highest BCUT2D eigenvalue weighted by Crippen LogP contribution is 2.23. The van der Waals surface area contributed by atoms with Crippen LogP contribution in [0.5, 0.6) is 0 Å². The summed E-state index contributed by atoms with van der Waals surface area (Å²) in [6, 6.07) is 25.3. The monoisotopic (exact) mass is 274 g/mol. The van der Waals surface area contributed by atoms with Crippen LogP contribution in [-0.2, 0) is 6.42 Å². The second-order valence-corrected chi connectivity index (χ2v) is 5.03. The van der Waals surface area contributed by atoms with Gasteiger partial charge in [0.1, 0.15) is 0 Å². The molecule has 104 valence electrons. The lowest BCUT2D eigenvalue weighted by Gasteiger charge is -2.20. The third-order valence-electron chi connectivity index (χ3n) is 3.51. The number of nitrogens with one attached hydrogen (secondary N) is 1. The standard InChI is InChI=1S/C19H18N2/c1-3-7-17(8-4-1)19(15-16-11-13-20-14-12-16)21-18-9-5-2-6-10-18/h1-14,19,21H,15H2/t19-/m0/s1. The molecule has 1 aromatic heterocycles. The van der Waals surface area contributed by atoms with Gasteiger partial charge in [-0.3, -0.25) is 4.98 Å². The van der Waals surface area contributed by atoms with Crippen LogP contribution < -0.4 is 5.32 Å². The molecule has 1 N–H and O–H groups in total. The number of anilines is 1. The van der Waals surface area contributed by atoms with E-state index in [0.717, 1.165) is 12.1 Å². The molecule has 2 nitrogen and oxygen atoms in total. The van der Waals surface area contributed by atoms with Gasteiger partial charge in [-0.1, -0.05) is 48.5 Å². The van der Waals surface area contributed by atoms with E-state index >= 15 is 0 Å². The Labute approximate surface area is 125 Å². The molecule has 0 saturated carbocycles. The Balaban J connectivity index is 1.84. The third kappa shape index (κ3) is 3.69. The first-order chi connectivity index (χ1) is 10.4. The van der Waals surface area contributed by atoms with Crippen molar-refractivity contribution in [3.05, 3.63) is 96.3 Å². The highest BCUT2D eigenvalue weighted by Gasteiger charge is 2.11. The first kappa shape index (κ1) is 13.4. The van der Waals surface area contributed by atoms with E-state index in [9.17, 15) is 0 Å². The minimum atomic E-state index is 0.246. The van der Waals surface area contributed by atoms with Gasteiger partial charge in [-0.05, 0) is 41.8 Å². The Hall–Kier alpha value is -2.61. The van der Waals surface area contributed by atoms with Gasteiger partial charge in [-0.25, -0.2) is 0 Å². The van der Waals surface area contributed by atoms with Gasteiger partial charge in [0.25, 0.3) is 0 Å². The van der Waals surface area contributed by atoms with Crippen LogP contribution in [0.3, 0.4) is 0 Å². The zero-order valence-corrected chi connectivity index (χ0v) is 11.8. The fourth-order valence-corrected chi connectivity index (χ4v) is 2.43. The van der Waals surface area contributed by atoms with E-state index < -0.39 is 0 Å². The Morgan fingerprint density at radius 3 is 2.05 bits per heavy atom. The Bertz CT molecular complexity index is 609. The normalized spacial score (nSPS) is 11.8. The predicted molar refractivity (Wildman–Crippen MR) is 87.2 cm³/mol. The maximum absolute atomic E-state index is 4.09. The Morgan fingerprint density at radius 2 is 1.38 bits per heavy atom. The van der Waals surface area contributed by atoms with Gasteiger partial charge in [0.05, 0.1) is 6.04 Å². The topological polar surface area (TPSA) is 24.9 Å². The first-order valence-electron chi connectivity index (χ1n) is 7.17. The van der Waals surface area contributed by atoms with Crippen molar-refractivity contribution in [3.63, 3.8) is 0 Å². The lowest BCUT2D eigenvalue weighted by atomic mass is 9.99. The summed E-state index contributed by atoms with van der Waals surface area (Å²) >= 11 is 0. The molecule has 0 aliphatic carbocycles. The number of aromatic nitrogens is 1. The lowest BCUT2D eigenvalue weighted by Crippen LogP contribution is -2.13. The van der Waals surface area contributed by atoms with Crippen LogP contribution in [0.2, 0.25) is 0 Å². The summed E-state index contributed by atoms with van der Waals surface area (Å²) < 4.78 is 0. The average Bonchev–Trinajstić information content (AvgIpc) is 2.57. The molecule has 0 bridgehead atoms. The number of rotatable bonds is 5. The van der Waals surface area contributed by atoms with Crippen LogP contribution in [0, 0.1) is 0 Å². The molecule has 0 unspecified atom stereocenters. The van der Waals surface area contributed by atoms with Gasteiger partial charge in [-0.2, -0.15) is 0 Å². The Morgan fingerprint density at radius 1 is 0.762 bits per heavy atom. The van der Waals surface area contributed by atoms with Crippen molar-refractivity contribution < 1.29 is 0 Å². The molecule has 0 spiro atoms. The molecule has 21 heavy (non-hydrogen) atoms. The molecule has 3 aromatic rings. The van der Waals surface area contributed by atoms with Crippen molar-refractivity contribution in [3.8, 4) is 0 Å². The summed E-state index contributed by atoms with van der Waals surface area (Å²) in [7, 11) is 0. The van der Waals surface area contributed by atoms with E-state index in [2.05, 4.69) is 77.0 Å². The average molecular weight is 274 g/mol. The minimum Gasteiger partial charge on any atom is -0.378 e. The number of benzene rings is 2. The summed E-state index contributed by atoms with van der Waals surface area (Å²) in [6.07, 6.45) is 4.63. The molecule has 0 aliphatic heterocycles. The molecule has 0 fully saturated rings. The van der Waals surface area contributed by atoms with Crippen LogP contribution in [-0.4, -0.2) is 4.98 Å². The van der Waals surface area contributed by atoms with Crippen LogP contribution in [0.4, 0.5) is 5.69 Å². The van der Waals surface area contributed by atoms with Crippen molar-refractivity contribution in [2.45, 2.75) is 12.5 Å². The van der Waals surface area contributed by atoms with Crippen LogP contribution in [0.1, 0.15) is 17.2 Å². The van der Waals surface area contributed by atoms with Crippen molar-refractivity contribution >= 4 is 5.69 Å². The second-order valence-electron chi connectivity index (χ2n) is 5.03. The molecular weight excluding hydrogens is 256 g/mol. The molecule has 0 aliphatic rings. The van der Waals surface area contributed by atoms with Crippen molar-refractivity contribution in [1.29, 1.82) is 0 Å². The number of pyridine rings is 1. The molecule has 1 heterocycles. The minimum absolute atomic E-state index is 0.246. The van der Waals surface area contributed by atoms with Gasteiger partial charge >= 0.3 is 0 Å². The smallest absolute Gasteiger partial charge is 0.0554 e. The maximum atomic E-state index is 4.09. The van der Waals surface area contributed by atoms with Gasteiger partial charge in [0.15, 0.2) is 0 Å². The lowest BCUT2D eigenvalue weighted by molar-refractivity contribution is 0.774. The molecular formula is C19H18N2. The van der Waals surface area contributed by atoms with E-state index in [4.69, 9.17) is 0 Å². The van der Waals surface area contributed by atoms with Crippen molar-refractivity contribution in [2.24, 2.45) is 0 Å². The van der Waals surface area contributed by atoms with Gasteiger partial charge in [0.2, 0.25) is 0 Å². The largest absolute Gasteiger partial charge is 0.378 e. The van der Waals surface area contributed by atoms with E-state index in [-0.39, 0.29) is 6.04 Å². The molecule has 1 atom stereocenters. The highest BCUT2D eigenvalue weighted by atomic mass is 14.9. The first-order valence-corrected chi connectivity index (χ1v) is 7.17. The van der Waals surface area contributed by atoms with Crippen LogP contribution in [0.15, 0.2) is 85.2 Å². The van der Waals surface area contributed by atoms with E-state index in [0.29, 0.717) is 0 Å². The predicted octanol–water partition coefficient (Wildman–Crippen LogP) is 4.48. The summed E-state index contributed by atoms with van der Waals surface area (Å²) in [5, 5.41) is 3.62. The van der Waals surface area contributed by atoms with E-state index in [1.807, 2.05) is 18.5 Å². The fourth-order valence-electron chi connectivity index (χ4n) is 2.43. The van der Waals surface area contributed by atoms with Crippen LogP contribution >= 0.6 is 0 Å². The van der Waals surface area contributed by atoms with Gasteiger partial charge in [-0.15, -0.1) is 0 Å². The zero-order valence-electron chi connectivity index (χ0n) is 11.8. The molecule has 0 saturated heterocycles. The number of nitrogens with zero attached hydrogens (tertiary/aromatic N) is 1. The second kappa shape index (κ2) is 6.71. The molecule has 2 heteroatoms. The molecule has 0 radical (unpaired) electrons. The fraction of sp³-hybridized carbons (Fsp3) is 0.105. The maximum Gasteiger partial charge on any atom is 0.0554 e. The molecule has 0 amide bonds. The molecule has 3 rings (SSSR count). The SMILES string of the molecule is c1ccc(N[C@@H](Cc2ccncc2)c2ccccc2)cc1. The van der Waals surface area contributed by atoms with Crippen molar-refractivity contribution in [1.82, 2.24) is 4.98 Å². The quantitative estimate of drug-likeness (QED) is 0.742. The molecule has 2 aromatic carbocycles. The summed E-state index contributed by atoms with van der Waals surface area (Å²) in [5.41, 5.74) is 3.71. The van der Waals surface area contributed by atoms with Crippen molar-refractivity contribution in [2.75, 3.05) is 5.32 Å². The highest BCUT2D eigenvalue weighted by molar-refractivity contribution is 5.45. The number of hydrogen-bond donors (Lipinski definition) is 1. The number of hydrogen-bond acceptors (Lipinski definition) is 2. The summed E-state index contributed by atoms with van der Waals surface area (Å²) in [5.74, 6) is 0. The van der Waals surface area contributed by atoms with Crippen LogP contribution in [0.25, 0.3) is 0 Å². The van der Waals surface area contributed by atoms with Gasteiger partial charge in [0, 0.05) is 18.1 Å². The van der Waals surface area contributed by atoms with E-state index in [1.54, 1.807) is 0 Å². The zero-order chi connectivity index (χ0) is 14.3. The number of para-hydroxylation sites is 1. The summed E-state index contributed by atoms with van der Waals surface area (Å²) in [4.78, 5) is 4.09. The third-order valence-corrected chi connectivity index (χ3v) is 3.51. The summed E-state index contributed by atoms with van der Waals surface area (Å²) in [6.45, 7) is 0. The van der Waals surface area contributed by atoms with E-state index in [1.165, 1.54) is 11.1 Å².